The van der Waals surface area contributed by atoms with Gasteiger partial charge in [0.05, 0.1) is 11.0 Å². The molecule has 1 unspecified atom stereocenters. The number of amides is 1. The Kier molecular flexibility index (Phi) is 4.49. The second-order valence-electron chi connectivity index (χ2n) is 4.44. The molecule has 0 aromatic heterocycles. The fraction of sp³-hybridized carbons (Fsp3) is 0.417. The summed E-state index contributed by atoms with van der Waals surface area (Å²) >= 11 is 3.25. The number of piperidine rings is 1. The van der Waals surface area contributed by atoms with Gasteiger partial charge in [-0.05, 0) is 24.5 Å². The Morgan fingerprint density at radius 3 is 2.95 bits per heavy atom. The molecule has 2 rings (SSSR count). The molecule has 1 fully saturated rings. The van der Waals surface area contributed by atoms with Crippen LogP contribution in [0.25, 0.3) is 0 Å². The van der Waals surface area contributed by atoms with E-state index < -0.39 is 4.92 Å². The van der Waals surface area contributed by atoms with E-state index in [0.717, 1.165) is 24.9 Å². The first-order chi connectivity index (χ1) is 9.06. The molecule has 0 radical (unpaired) electrons. The summed E-state index contributed by atoms with van der Waals surface area (Å²) in [6, 6.07) is 4.56. The average molecular weight is 328 g/mol. The SMILES string of the molecule is O=C1NCCCC1NCc1cc(Br)cc([N+](=O)[O-])c1. The van der Waals surface area contributed by atoms with Gasteiger partial charge in [0.25, 0.3) is 5.69 Å². The Labute approximate surface area is 118 Å². The molecule has 1 aromatic carbocycles. The van der Waals surface area contributed by atoms with Crippen LogP contribution in [0, 0.1) is 10.1 Å². The number of halogens is 1. The van der Waals surface area contributed by atoms with Crippen molar-refractivity contribution in [1.82, 2.24) is 10.6 Å². The maximum Gasteiger partial charge on any atom is 0.270 e. The number of hydrogen-bond donors (Lipinski definition) is 2. The molecule has 1 heterocycles. The zero-order valence-electron chi connectivity index (χ0n) is 10.2. The molecule has 1 saturated heterocycles. The van der Waals surface area contributed by atoms with Gasteiger partial charge in [0.1, 0.15) is 0 Å². The van der Waals surface area contributed by atoms with Crippen molar-refractivity contribution in [3.8, 4) is 0 Å². The number of nitrogens with one attached hydrogen (secondary N) is 2. The number of carbonyl (C=O) groups excluding carboxylic acids is 1. The van der Waals surface area contributed by atoms with Crippen LogP contribution >= 0.6 is 15.9 Å². The fourth-order valence-electron chi connectivity index (χ4n) is 2.05. The maximum absolute atomic E-state index is 11.6. The summed E-state index contributed by atoms with van der Waals surface area (Å²) in [6.45, 7) is 1.15. The van der Waals surface area contributed by atoms with E-state index in [-0.39, 0.29) is 17.6 Å². The first kappa shape index (κ1) is 14.0. The van der Waals surface area contributed by atoms with E-state index in [1.165, 1.54) is 12.1 Å². The second kappa shape index (κ2) is 6.12. The van der Waals surface area contributed by atoms with Crippen LogP contribution in [0.3, 0.4) is 0 Å². The minimum absolute atomic E-state index is 0.00394. The van der Waals surface area contributed by atoms with Gasteiger partial charge < -0.3 is 10.6 Å². The van der Waals surface area contributed by atoms with Gasteiger partial charge in [0, 0.05) is 29.7 Å². The lowest BCUT2D eigenvalue weighted by Gasteiger charge is -2.22. The third-order valence-electron chi connectivity index (χ3n) is 2.99. The number of carbonyl (C=O) groups is 1. The molecule has 1 atom stereocenters. The van der Waals surface area contributed by atoms with Gasteiger partial charge in [-0.15, -0.1) is 0 Å². The molecule has 7 heteroatoms. The summed E-state index contributed by atoms with van der Waals surface area (Å²) in [4.78, 5) is 21.9. The molecule has 1 amide bonds. The van der Waals surface area contributed by atoms with Gasteiger partial charge in [-0.2, -0.15) is 0 Å². The normalized spacial score (nSPS) is 19.0. The third-order valence-corrected chi connectivity index (χ3v) is 3.45. The van der Waals surface area contributed by atoms with E-state index in [1.54, 1.807) is 6.07 Å². The molecule has 1 aromatic rings. The monoisotopic (exact) mass is 327 g/mol. The van der Waals surface area contributed by atoms with E-state index in [1.807, 2.05) is 0 Å². The highest BCUT2D eigenvalue weighted by Crippen LogP contribution is 2.21. The van der Waals surface area contributed by atoms with Crippen molar-refractivity contribution in [1.29, 1.82) is 0 Å². The van der Waals surface area contributed by atoms with E-state index in [9.17, 15) is 14.9 Å². The number of nitro benzene ring substituents is 1. The van der Waals surface area contributed by atoms with E-state index >= 15 is 0 Å². The molecule has 0 saturated carbocycles. The molecule has 19 heavy (non-hydrogen) atoms. The quantitative estimate of drug-likeness (QED) is 0.651. The first-order valence-electron chi connectivity index (χ1n) is 6.01. The van der Waals surface area contributed by atoms with Crippen molar-refractivity contribution in [2.45, 2.75) is 25.4 Å². The highest BCUT2D eigenvalue weighted by atomic mass is 79.9. The van der Waals surface area contributed by atoms with E-state index in [4.69, 9.17) is 0 Å². The van der Waals surface area contributed by atoms with Crippen LogP contribution in [-0.2, 0) is 11.3 Å². The lowest BCUT2D eigenvalue weighted by Crippen LogP contribution is -2.47. The van der Waals surface area contributed by atoms with Crippen LogP contribution < -0.4 is 10.6 Å². The van der Waals surface area contributed by atoms with E-state index in [2.05, 4.69) is 26.6 Å². The van der Waals surface area contributed by atoms with Crippen LogP contribution in [0.5, 0.6) is 0 Å². The number of nitro groups is 1. The van der Waals surface area contributed by atoms with Gasteiger partial charge in [0.2, 0.25) is 5.91 Å². The Morgan fingerprint density at radius 2 is 2.26 bits per heavy atom. The maximum atomic E-state index is 11.6. The first-order valence-corrected chi connectivity index (χ1v) is 6.80. The van der Waals surface area contributed by atoms with Gasteiger partial charge in [-0.3, -0.25) is 14.9 Å². The fourth-order valence-corrected chi connectivity index (χ4v) is 2.58. The Hall–Kier alpha value is -1.47. The molecule has 0 spiro atoms. The second-order valence-corrected chi connectivity index (χ2v) is 5.36. The van der Waals surface area contributed by atoms with Crippen molar-refractivity contribution in [3.05, 3.63) is 38.3 Å². The lowest BCUT2D eigenvalue weighted by atomic mass is 10.1. The molecule has 0 aliphatic carbocycles. The number of nitrogens with zero attached hydrogens (tertiary/aromatic N) is 1. The summed E-state index contributed by atoms with van der Waals surface area (Å²) in [5.41, 5.74) is 0.818. The van der Waals surface area contributed by atoms with Crippen LogP contribution in [-0.4, -0.2) is 23.4 Å². The summed E-state index contributed by atoms with van der Waals surface area (Å²) in [7, 11) is 0. The molecular formula is C12H14BrN3O3. The van der Waals surface area contributed by atoms with Crippen molar-refractivity contribution < 1.29 is 9.72 Å². The highest BCUT2D eigenvalue weighted by Gasteiger charge is 2.21. The minimum Gasteiger partial charge on any atom is -0.355 e. The molecule has 1 aliphatic rings. The molecule has 102 valence electrons. The molecule has 1 aliphatic heterocycles. The average Bonchev–Trinajstić information content (AvgIpc) is 2.37. The molecule has 2 N–H and O–H groups in total. The summed E-state index contributed by atoms with van der Waals surface area (Å²) < 4.78 is 0.659. The van der Waals surface area contributed by atoms with Gasteiger partial charge in [-0.25, -0.2) is 0 Å². The van der Waals surface area contributed by atoms with Gasteiger partial charge in [-0.1, -0.05) is 15.9 Å². The zero-order valence-corrected chi connectivity index (χ0v) is 11.8. The van der Waals surface area contributed by atoms with Gasteiger partial charge in [0.15, 0.2) is 0 Å². The Balaban J connectivity index is 2.02. The third kappa shape index (κ3) is 3.74. The van der Waals surface area contributed by atoms with Crippen LogP contribution in [0.1, 0.15) is 18.4 Å². The topological polar surface area (TPSA) is 84.3 Å². The minimum atomic E-state index is -0.429. The van der Waals surface area contributed by atoms with Crippen molar-refractivity contribution in [3.63, 3.8) is 0 Å². The van der Waals surface area contributed by atoms with Crippen molar-refractivity contribution in [2.24, 2.45) is 0 Å². The summed E-state index contributed by atoms with van der Waals surface area (Å²) in [5.74, 6) is -0.00394. The van der Waals surface area contributed by atoms with E-state index in [0.29, 0.717) is 11.0 Å². The van der Waals surface area contributed by atoms with Gasteiger partial charge >= 0.3 is 0 Å². The molecular weight excluding hydrogens is 314 g/mol. The lowest BCUT2D eigenvalue weighted by molar-refractivity contribution is -0.385. The largest absolute Gasteiger partial charge is 0.355 e. The number of non-ortho nitro benzene ring substituents is 1. The number of hydrogen-bond acceptors (Lipinski definition) is 4. The number of rotatable bonds is 4. The standard InChI is InChI=1S/C12H14BrN3O3/c13-9-4-8(5-10(6-9)16(18)19)7-15-11-2-1-3-14-12(11)17/h4-6,11,15H,1-3,7H2,(H,14,17). The van der Waals surface area contributed by atoms with Crippen molar-refractivity contribution >= 4 is 27.5 Å². The van der Waals surface area contributed by atoms with Crippen LogP contribution in [0.15, 0.2) is 22.7 Å². The summed E-state index contributed by atoms with van der Waals surface area (Å²) in [5, 5.41) is 16.7. The summed E-state index contributed by atoms with van der Waals surface area (Å²) in [6.07, 6.45) is 1.74. The van der Waals surface area contributed by atoms with Crippen LogP contribution in [0.2, 0.25) is 0 Å². The Bertz CT molecular complexity index is 507. The predicted molar refractivity (Wildman–Crippen MR) is 73.7 cm³/mol. The highest BCUT2D eigenvalue weighted by molar-refractivity contribution is 9.10. The Morgan fingerprint density at radius 1 is 1.47 bits per heavy atom. The number of benzene rings is 1. The van der Waals surface area contributed by atoms with Crippen LogP contribution in [0.4, 0.5) is 5.69 Å². The molecule has 0 bridgehead atoms. The predicted octanol–water partition coefficient (Wildman–Crippen LogP) is 1.73. The molecule has 6 nitrogen and oxygen atoms in total. The smallest absolute Gasteiger partial charge is 0.270 e. The zero-order chi connectivity index (χ0) is 13.8. The van der Waals surface area contributed by atoms with Crippen molar-refractivity contribution in [2.75, 3.05) is 6.54 Å².